The highest BCUT2D eigenvalue weighted by molar-refractivity contribution is 6.31. The molecule has 4 rings (SSSR count). The lowest BCUT2D eigenvalue weighted by atomic mass is 9.92. The summed E-state index contributed by atoms with van der Waals surface area (Å²) in [7, 11) is 1.61. The highest BCUT2D eigenvalue weighted by Gasteiger charge is 2.19. The highest BCUT2D eigenvalue weighted by atomic mass is 35.5. The van der Waals surface area contributed by atoms with Crippen molar-refractivity contribution in [1.29, 1.82) is 0 Å². The van der Waals surface area contributed by atoms with Crippen LogP contribution in [0.5, 0.6) is 23.0 Å². The van der Waals surface area contributed by atoms with Gasteiger partial charge in [-0.15, -0.1) is 0 Å². The number of rotatable bonds is 7. The molecule has 6 heteroatoms. The number of ether oxygens (including phenoxy) is 3. The molecule has 1 aliphatic carbocycles. The van der Waals surface area contributed by atoms with Crippen LogP contribution in [0, 0.1) is 0 Å². The topological polar surface area (TPSA) is 56.8 Å². The smallest absolute Gasteiger partial charge is 0.265 e. The summed E-state index contributed by atoms with van der Waals surface area (Å²) >= 11 is 6.16. The largest absolute Gasteiger partial charge is 0.497 e. The Morgan fingerprint density at radius 3 is 2.34 bits per heavy atom. The van der Waals surface area contributed by atoms with Gasteiger partial charge < -0.3 is 19.5 Å². The minimum Gasteiger partial charge on any atom is -0.497 e. The summed E-state index contributed by atoms with van der Waals surface area (Å²) in [6.45, 7) is 1.73. The number of nitrogens with one attached hydrogen (secondary N) is 1. The van der Waals surface area contributed by atoms with Gasteiger partial charge in [-0.1, -0.05) is 17.7 Å². The summed E-state index contributed by atoms with van der Waals surface area (Å²) in [6.07, 6.45) is 3.90. The molecule has 1 amide bonds. The molecular formula is C26H26ClNO4. The molecule has 1 N–H and O–H groups in total. The number of anilines is 1. The van der Waals surface area contributed by atoms with Crippen LogP contribution in [0.2, 0.25) is 5.02 Å². The normalized spacial score (nSPS) is 13.6. The van der Waals surface area contributed by atoms with Crippen LogP contribution < -0.4 is 19.5 Å². The van der Waals surface area contributed by atoms with Crippen LogP contribution in [-0.2, 0) is 17.6 Å². The van der Waals surface area contributed by atoms with Crippen molar-refractivity contribution in [3.8, 4) is 23.0 Å². The molecule has 1 atom stereocenters. The zero-order valence-electron chi connectivity index (χ0n) is 18.2. The van der Waals surface area contributed by atoms with Crippen LogP contribution in [-0.4, -0.2) is 19.1 Å². The third kappa shape index (κ3) is 5.35. The Balaban J connectivity index is 1.45. The maximum absolute atomic E-state index is 12.9. The molecule has 0 spiro atoms. The van der Waals surface area contributed by atoms with E-state index in [9.17, 15) is 4.79 Å². The lowest BCUT2D eigenvalue weighted by Gasteiger charge is -2.20. The first-order valence-corrected chi connectivity index (χ1v) is 11.1. The van der Waals surface area contributed by atoms with Gasteiger partial charge in [-0.3, -0.25) is 4.79 Å². The molecule has 0 aliphatic heterocycles. The minimum absolute atomic E-state index is 0.287. The van der Waals surface area contributed by atoms with Crippen molar-refractivity contribution < 1.29 is 19.0 Å². The molecule has 0 heterocycles. The van der Waals surface area contributed by atoms with Crippen molar-refractivity contribution in [1.82, 2.24) is 0 Å². The second-order valence-corrected chi connectivity index (χ2v) is 8.24. The van der Waals surface area contributed by atoms with Crippen LogP contribution in [0.1, 0.15) is 30.9 Å². The zero-order valence-corrected chi connectivity index (χ0v) is 18.9. The fraction of sp³-hybridized carbons (Fsp3) is 0.269. The van der Waals surface area contributed by atoms with Crippen molar-refractivity contribution in [3.63, 3.8) is 0 Å². The van der Waals surface area contributed by atoms with Gasteiger partial charge in [0.1, 0.15) is 17.2 Å². The number of carbonyl (C=O) groups is 1. The summed E-state index contributed by atoms with van der Waals surface area (Å²) in [5.74, 6) is 2.24. The Morgan fingerprint density at radius 1 is 0.906 bits per heavy atom. The number of hydrogen-bond acceptors (Lipinski definition) is 4. The Labute approximate surface area is 193 Å². The van der Waals surface area contributed by atoms with Crippen LogP contribution in [0.15, 0.2) is 60.7 Å². The van der Waals surface area contributed by atoms with Gasteiger partial charge >= 0.3 is 0 Å². The van der Waals surface area contributed by atoms with E-state index in [0.717, 1.165) is 18.6 Å². The summed E-state index contributed by atoms with van der Waals surface area (Å²) in [4.78, 5) is 12.9. The summed E-state index contributed by atoms with van der Waals surface area (Å²) < 4.78 is 17.1. The van der Waals surface area contributed by atoms with E-state index < -0.39 is 6.10 Å². The molecule has 32 heavy (non-hydrogen) atoms. The summed E-state index contributed by atoms with van der Waals surface area (Å²) in [5.41, 5.74) is 3.16. The highest BCUT2D eigenvalue weighted by Crippen LogP contribution is 2.33. The Kier molecular flexibility index (Phi) is 6.86. The van der Waals surface area contributed by atoms with E-state index in [0.29, 0.717) is 28.0 Å². The van der Waals surface area contributed by atoms with E-state index in [4.69, 9.17) is 25.8 Å². The van der Waals surface area contributed by atoms with E-state index in [1.165, 1.54) is 24.0 Å². The first kappa shape index (κ1) is 22.0. The van der Waals surface area contributed by atoms with Gasteiger partial charge in [0.05, 0.1) is 12.8 Å². The Morgan fingerprint density at radius 2 is 1.59 bits per heavy atom. The SMILES string of the molecule is COc1ccc(Oc2ccc(Cl)cc2NC(=O)[C@@H](C)Oc2ccc3c(c2)CCCC3)cc1. The minimum atomic E-state index is -0.690. The number of fused-ring (bicyclic) bond motifs is 1. The van der Waals surface area contributed by atoms with Gasteiger partial charge in [0.15, 0.2) is 11.9 Å². The number of halogens is 1. The average Bonchev–Trinajstić information content (AvgIpc) is 2.81. The maximum atomic E-state index is 12.9. The lowest BCUT2D eigenvalue weighted by Crippen LogP contribution is -2.30. The van der Waals surface area contributed by atoms with Crippen LogP contribution in [0.25, 0.3) is 0 Å². The average molecular weight is 452 g/mol. The van der Waals surface area contributed by atoms with Gasteiger partial charge in [0.2, 0.25) is 0 Å². The van der Waals surface area contributed by atoms with Crippen molar-refractivity contribution in [2.45, 2.75) is 38.7 Å². The standard InChI is InChI=1S/C26H26ClNO4/c1-17(31-23-9-7-18-5-3-4-6-19(18)15-23)26(29)28-24-16-20(27)8-14-25(24)32-22-12-10-21(30-2)11-13-22/h7-17H,3-6H2,1-2H3,(H,28,29)/t17-/m1/s1. The molecular weight excluding hydrogens is 426 g/mol. The Hall–Kier alpha value is -3.18. The second-order valence-electron chi connectivity index (χ2n) is 7.81. The third-order valence-corrected chi connectivity index (χ3v) is 5.72. The first-order chi connectivity index (χ1) is 15.5. The number of amides is 1. The van der Waals surface area contributed by atoms with Crippen molar-refractivity contribution in [2.24, 2.45) is 0 Å². The number of methoxy groups -OCH3 is 1. The summed E-state index contributed by atoms with van der Waals surface area (Å²) in [5, 5.41) is 3.37. The fourth-order valence-corrected chi connectivity index (χ4v) is 3.91. The van der Waals surface area contributed by atoms with E-state index in [-0.39, 0.29) is 5.91 Å². The number of benzene rings is 3. The maximum Gasteiger partial charge on any atom is 0.265 e. The predicted octanol–water partition coefficient (Wildman–Crippen LogP) is 6.43. The van der Waals surface area contributed by atoms with Crippen LogP contribution in [0.3, 0.4) is 0 Å². The Bertz CT molecular complexity index is 1100. The molecule has 3 aromatic rings. The number of carbonyl (C=O) groups excluding carboxylic acids is 1. The van der Waals surface area contributed by atoms with Gasteiger partial charge in [-0.05, 0) is 98.3 Å². The molecule has 1 aliphatic rings. The van der Waals surface area contributed by atoms with Crippen LogP contribution >= 0.6 is 11.6 Å². The molecule has 0 fully saturated rings. The molecule has 0 aromatic heterocycles. The quantitative estimate of drug-likeness (QED) is 0.450. The molecule has 0 bridgehead atoms. The second kappa shape index (κ2) is 9.96. The molecule has 5 nitrogen and oxygen atoms in total. The third-order valence-electron chi connectivity index (χ3n) is 5.49. The van der Waals surface area contributed by atoms with Gasteiger partial charge in [0.25, 0.3) is 5.91 Å². The molecule has 0 unspecified atom stereocenters. The molecule has 0 radical (unpaired) electrons. The van der Waals surface area contributed by atoms with E-state index in [2.05, 4.69) is 17.4 Å². The fourth-order valence-electron chi connectivity index (χ4n) is 3.73. The number of aryl methyl sites for hydroxylation is 2. The van der Waals surface area contributed by atoms with Gasteiger partial charge in [-0.25, -0.2) is 0 Å². The van der Waals surface area contributed by atoms with E-state index in [1.807, 2.05) is 6.07 Å². The molecule has 3 aromatic carbocycles. The zero-order chi connectivity index (χ0) is 22.5. The predicted molar refractivity (Wildman–Crippen MR) is 126 cm³/mol. The first-order valence-electron chi connectivity index (χ1n) is 10.7. The lowest BCUT2D eigenvalue weighted by molar-refractivity contribution is -0.122. The number of hydrogen-bond donors (Lipinski definition) is 1. The van der Waals surface area contributed by atoms with Gasteiger partial charge in [0, 0.05) is 5.02 Å². The van der Waals surface area contributed by atoms with Crippen LogP contribution in [0.4, 0.5) is 5.69 Å². The van der Waals surface area contributed by atoms with E-state index >= 15 is 0 Å². The van der Waals surface area contributed by atoms with E-state index in [1.54, 1.807) is 56.5 Å². The molecule has 0 saturated carbocycles. The van der Waals surface area contributed by atoms with Crippen molar-refractivity contribution in [2.75, 3.05) is 12.4 Å². The molecule has 0 saturated heterocycles. The van der Waals surface area contributed by atoms with Crippen molar-refractivity contribution in [3.05, 3.63) is 76.8 Å². The van der Waals surface area contributed by atoms with Crippen molar-refractivity contribution >= 4 is 23.2 Å². The molecule has 166 valence electrons. The summed E-state index contributed by atoms with van der Waals surface area (Å²) in [6, 6.07) is 18.4. The van der Waals surface area contributed by atoms with Gasteiger partial charge in [-0.2, -0.15) is 0 Å². The monoisotopic (exact) mass is 451 g/mol.